The third-order valence-electron chi connectivity index (χ3n) is 5.47. The minimum Gasteiger partial charge on any atom is -0.481 e. The summed E-state index contributed by atoms with van der Waals surface area (Å²) in [7, 11) is 0. The Morgan fingerprint density at radius 3 is 2.88 bits per heavy atom. The number of aliphatic carboxylic acids is 1. The standard InChI is InChI=1S/C17H16BrFN2O3/c18-10-4-12(19)11-6-14(20-13(11)5-10)15(22)21-7-9-2-1-3-17(9,8-21)16(23)24/h4-6,9,20H,1-3,7-8H2,(H,23,24)/t9-,17+/m0/s1. The Morgan fingerprint density at radius 1 is 1.38 bits per heavy atom. The molecule has 1 aliphatic heterocycles. The summed E-state index contributed by atoms with van der Waals surface area (Å²) in [6.07, 6.45) is 2.35. The summed E-state index contributed by atoms with van der Waals surface area (Å²) in [6, 6.07) is 4.57. The number of halogens is 2. The van der Waals surface area contributed by atoms with Crippen LogP contribution in [-0.2, 0) is 4.79 Å². The van der Waals surface area contributed by atoms with Gasteiger partial charge in [-0.05, 0) is 37.0 Å². The first-order valence-electron chi connectivity index (χ1n) is 7.91. The Balaban J connectivity index is 1.65. The highest BCUT2D eigenvalue weighted by Gasteiger charge is 2.55. The van der Waals surface area contributed by atoms with E-state index in [1.54, 1.807) is 11.0 Å². The molecule has 1 saturated carbocycles. The van der Waals surface area contributed by atoms with Gasteiger partial charge in [-0.3, -0.25) is 9.59 Å². The number of H-pyrrole nitrogens is 1. The van der Waals surface area contributed by atoms with Crippen LogP contribution in [-0.4, -0.2) is 40.0 Å². The van der Waals surface area contributed by atoms with Gasteiger partial charge in [-0.25, -0.2) is 4.39 Å². The van der Waals surface area contributed by atoms with E-state index >= 15 is 0 Å². The molecule has 2 N–H and O–H groups in total. The first-order chi connectivity index (χ1) is 11.4. The van der Waals surface area contributed by atoms with Crippen LogP contribution in [0.5, 0.6) is 0 Å². The van der Waals surface area contributed by atoms with Gasteiger partial charge in [0.15, 0.2) is 0 Å². The van der Waals surface area contributed by atoms with Gasteiger partial charge in [-0.15, -0.1) is 0 Å². The SMILES string of the molecule is O=C(c1cc2c(F)cc(Br)cc2[nH]1)N1C[C@@H]2CCC[C@@]2(C(=O)O)C1. The van der Waals surface area contributed by atoms with Crippen molar-refractivity contribution in [2.75, 3.05) is 13.1 Å². The number of aromatic amines is 1. The monoisotopic (exact) mass is 394 g/mol. The number of carboxylic acid groups (broad SMARTS) is 1. The number of fused-ring (bicyclic) bond motifs is 2. The molecule has 0 bridgehead atoms. The van der Waals surface area contributed by atoms with Gasteiger partial charge >= 0.3 is 5.97 Å². The van der Waals surface area contributed by atoms with Crippen LogP contribution in [0.1, 0.15) is 29.8 Å². The van der Waals surface area contributed by atoms with Gasteiger partial charge in [0.2, 0.25) is 0 Å². The van der Waals surface area contributed by atoms with Crippen LogP contribution in [0.3, 0.4) is 0 Å². The highest BCUT2D eigenvalue weighted by molar-refractivity contribution is 9.10. The zero-order chi connectivity index (χ0) is 17.1. The largest absolute Gasteiger partial charge is 0.481 e. The van der Waals surface area contributed by atoms with Crippen molar-refractivity contribution in [1.29, 1.82) is 0 Å². The van der Waals surface area contributed by atoms with Crippen molar-refractivity contribution in [1.82, 2.24) is 9.88 Å². The summed E-state index contributed by atoms with van der Waals surface area (Å²) in [5.74, 6) is -1.48. The first-order valence-corrected chi connectivity index (χ1v) is 8.70. The molecule has 24 heavy (non-hydrogen) atoms. The highest BCUT2D eigenvalue weighted by Crippen LogP contribution is 2.49. The molecule has 0 spiro atoms. The number of carbonyl (C=O) groups excluding carboxylic acids is 1. The van der Waals surface area contributed by atoms with Gasteiger partial charge in [0.25, 0.3) is 5.91 Å². The van der Waals surface area contributed by atoms with E-state index in [1.807, 2.05) is 0 Å². The van der Waals surface area contributed by atoms with E-state index in [4.69, 9.17) is 0 Å². The van der Waals surface area contributed by atoms with Gasteiger partial charge in [0.05, 0.1) is 10.9 Å². The van der Waals surface area contributed by atoms with Gasteiger partial charge in [0.1, 0.15) is 11.5 Å². The van der Waals surface area contributed by atoms with E-state index < -0.39 is 17.2 Å². The fourth-order valence-electron chi connectivity index (χ4n) is 4.24. The smallest absolute Gasteiger partial charge is 0.311 e. The molecule has 7 heteroatoms. The number of carboxylic acids is 1. The summed E-state index contributed by atoms with van der Waals surface area (Å²) in [6.45, 7) is 0.681. The number of rotatable bonds is 2. The number of benzene rings is 1. The Kier molecular flexibility index (Phi) is 3.46. The Bertz CT molecular complexity index is 865. The molecule has 1 aromatic carbocycles. The van der Waals surface area contributed by atoms with E-state index in [0.29, 0.717) is 34.0 Å². The minimum atomic E-state index is -0.813. The lowest BCUT2D eigenvalue weighted by Crippen LogP contribution is -2.37. The van der Waals surface area contributed by atoms with E-state index in [1.165, 1.54) is 12.1 Å². The number of nitrogens with one attached hydrogen (secondary N) is 1. The summed E-state index contributed by atoms with van der Waals surface area (Å²) in [5, 5.41) is 9.98. The van der Waals surface area contributed by atoms with Gasteiger partial charge in [0, 0.05) is 22.9 Å². The molecule has 0 radical (unpaired) electrons. The zero-order valence-electron chi connectivity index (χ0n) is 12.8. The number of aromatic nitrogens is 1. The molecule has 0 unspecified atom stereocenters. The second-order valence-corrected chi connectivity index (χ2v) is 7.68. The van der Waals surface area contributed by atoms with Crippen molar-refractivity contribution in [3.8, 4) is 0 Å². The predicted octanol–water partition coefficient (Wildman–Crippen LogP) is 3.40. The molecule has 4 rings (SSSR count). The van der Waals surface area contributed by atoms with Crippen LogP contribution in [0.2, 0.25) is 0 Å². The molecule has 1 saturated heterocycles. The Morgan fingerprint density at radius 2 is 2.17 bits per heavy atom. The topological polar surface area (TPSA) is 73.4 Å². The zero-order valence-corrected chi connectivity index (χ0v) is 14.4. The van der Waals surface area contributed by atoms with Crippen molar-refractivity contribution in [2.24, 2.45) is 11.3 Å². The van der Waals surface area contributed by atoms with Crippen LogP contribution in [0, 0.1) is 17.2 Å². The van der Waals surface area contributed by atoms with Crippen molar-refractivity contribution < 1.29 is 19.1 Å². The van der Waals surface area contributed by atoms with E-state index in [9.17, 15) is 19.1 Å². The summed E-state index contributed by atoms with van der Waals surface area (Å²) in [5.41, 5.74) is 0.0238. The maximum Gasteiger partial charge on any atom is 0.311 e. The molecular formula is C17H16BrFN2O3. The van der Waals surface area contributed by atoms with Crippen molar-refractivity contribution in [3.63, 3.8) is 0 Å². The van der Waals surface area contributed by atoms with Crippen LogP contribution in [0.15, 0.2) is 22.7 Å². The van der Waals surface area contributed by atoms with E-state index in [-0.39, 0.29) is 18.4 Å². The number of amides is 1. The molecule has 2 heterocycles. The van der Waals surface area contributed by atoms with Crippen molar-refractivity contribution >= 4 is 38.7 Å². The maximum atomic E-state index is 14.0. The second-order valence-electron chi connectivity index (χ2n) is 6.77. The quantitative estimate of drug-likeness (QED) is 0.819. The van der Waals surface area contributed by atoms with Crippen LogP contribution in [0.4, 0.5) is 4.39 Å². The third kappa shape index (κ3) is 2.17. The highest BCUT2D eigenvalue weighted by atomic mass is 79.9. The molecule has 2 atom stereocenters. The third-order valence-corrected chi connectivity index (χ3v) is 5.92. The maximum absolute atomic E-state index is 14.0. The van der Waals surface area contributed by atoms with E-state index in [0.717, 1.165) is 12.8 Å². The molecule has 2 fully saturated rings. The summed E-state index contributed by atoms with van der Waals surface area (Å²) < 4.78 is 14.6. The second kappa shape index (κ2) is 5.31. The molecular weight excluding hydrogens is 379 g/mol. The Labute approximate surface area is 146 Å². The molecule has 2 aliphatic rings. The average molecular weight is 395 g/mol. The number of hydrogen-bond donors (Lipinski definition) is 2. The van der Waals surface area contributed by atoms with Crippen LogP contribution >= 0.6 is 15.9 Å². The molecule has 2 aromatic rings. The fourth-order valence-corrected chi connectivity index (χ4v) is 4.67. The van der Waals surface area contributed by atoms with E-state index in [2.05, 4.69) is 20.9 Å². The van der Waals surface area contributed by atoms with Gasteiger partial charge < -0.3 is 15.0 Å². The van der Waals surface area contributed by atoms with Crippen LogP contribution in [0.25, 0.3) is 10.9 Å². The normalized spacial score (nSPS) is 26.1. The molecule has 126 valence electrons. The predicted molar refractivity (Wildman–Crippen MR) is 89.3 cm³/mol. The lowest BCUT2D eigenvalue weighted by molar-refractivity contribution is -0.149. The number of likely N-dealkylation sites (tertiary alicyclic amines) is 1. The molecule has 1 amide bonds. The van der Waals surface area contributed by atoms with Crippen LogP contribution < -0.4 is 0 Å². The first kappa shape index (κ1) is 15.6. The minimum absolute atomic E-state index is 0.00853. The number of hydrogen-bond acceptors (Lipinski definition) is 2. The summed E-state index contributed by atoms with van der Waals surface area (Å²) in [4.78, 5) is 29.1. The van der Waals surface area contributed by atoms with Gasteiger partial charge in [-0.2, -0.15) is 0 Å². The Hall–Kier alpha value is -1.89. The fraction of sp³-hybridized carbons (Fsp3) is 0.412. The molecule has 1 aliphatic carbocycles. The van der Waals surface area contributed by atoms with Gasteiger partial charge in [-0.1, -0.05) is 22.4 Å². The lowest BCUT2D eigenvalue weighted by atomic mass is 9.81. The average Bonchev–Trinajstić information content (AvgIpc) is 3.17. The molecule has 5 nitrogen and oxygen atoms in total. The lowest BCUT2D eigenvalue weighted by Gasteiger charge is -2.23. The van der Waals surface area contributed by atoms with Crippen molar-refractivity contribution in [2.45, 2.75) is 19.3 Å². The summed E-state index contributed by atoms with van der Waals surface area (Å²) >= 11 is 3.23. The molecule has 1 aromatic heterocycles. The number of carbonyl (C=O) groups is 2. The van der Waals surface area contributed by atoms with Crippen molar-refractivity contribution in [3.05, 3.63) is 34.2 Å². The number of nitrogens with zero attached hydrogens (tertiary/aromatic N) is 1.